The smallest absolute Gasteiger partial charge is 0.160 e. The van der Waals surface area contributed by atoms with E-state index in [0.29, 0.717) is 0 Å². The lowest BCUT2D eigenvalue weighted by Gasteiger charge is -2.14. The Balaban J connectivity index is 1.44. The summed E-state index contributed by atoms with van der Waals surface area (Å²) in [5.41, 5.74) is 9.97. The van der Waals surface area contributed by atoms with Gasteiger partial charge < -0.3 is 8.98 Å². The molecule has 2 aromatic heterocycles. The standard InChI is InChI=1S/C40H25NO/c1-3-11-26(12-4-1)29-23-30(27-13-5-2-6-14-27)25-31(24-29)41-37-18-10-9-17-33(37)34-21-22-36-35-20-19-28-15-7-8-16-32(28)39(35)42-40(36)38(34)41/h1-25H. The highest BCUT2D eigenvalue weighted by atomic mass is 16.3. The van der Waals surface area contributed by atoms with Crippen LogP contribution in [0.25, 0.3) is 82.5 Å². The summed E-state index contributed by atoms with van der Waals surface area (Å²) in [5.74, 6) is 0. The van der Waals surface area contributed by atoms with Crippen LogP contribution in [-0.2, 0) is 0 Å². The number of aromatic nitrogens is 1. The van der Waals surface area contributed by atoms with E-state index in [-0.39, 0.29) is 0 Å². The molecule has 0 bridgehead atoms. The summed E-state index contributed by atoms with van der Waals surface area (Å²) in [4.78, 5) is 0. The van der Waals surface area contributed by atoms with E-state index < -0.39 is 0 Å². The molecular formula is C40H25NO. The minimum Gasteiger partial charge on any atom is -0.453 e. The van der Waals surface area contributed by atoms with Crippen molar-refractivity contribution in [3.8, 4) is 27.9 Å². The Kier molecular flexibility index (Phi) is 4.93. The van der Waals surface area contributed by atoms with Gasteiger partial charge in [-0.3, -0.25) is 0 Å². The van der Waals surface area contributed by atoms with Crippen molar-refractivity contribution < 1.29 is 4.42 Å². The molecule has 196 valence electrons. The zero-order chi connectivity index (χ0) is 27.6. The van der Waals surface area contributed by atoms with Gasteiger partial charge in [-0.15, -0.1) is 0 Å². The molecule has 0 fully saturated rings. The van der Waals surface area contributed by atoms with Crippen molar-refractivity contribution in [3.63, 3.8) is 0 Å². The van der Waals surface area contributed by atoms with E-state index in [0.717, 1.165) is 44.0 Å². The van der Waals surface area contributed by atoms with Crippen molar-refractivity contribution in [1.29, 1.82) is 0 Å². The van der Waals surface area contributed by atoms with E-state index in [1.807, 2.05) is 0 Å². The first-order valence-corrected chi connectivity index (χ1v) is 14.4. The average Bonchev–Trinajstić information content (AvgIpc) is 3.62. The van der Waals surface area contributed by atoms with Gasteiger partial charge in [-0.05, 0) is 64.0 Å². The second-order valence-corrected chi connectivity index (χ2v) is 11.0. The highest BCUT2D eigenvalue weighted by Gasteiger charge is 2.20. The molecule has 0 atom stereocenters. The molecule has 0 radical (unpaired) electrons. The third kappa shape index (κ3) is 3.39. The number of para-hydroxylation sites is 1. The predicted molar refractivity (Wildman–Crippen MR) is 176 cm³/mol. The average molecular weight is 536 g/mol. The molecule has 0 N–H and O–H groups in total. The van der Waals surface area contributed by atoms with Crippen molar-refractivity contribution in [3.05, 3.63) is 152 Å². The van der Waals surface area contributed by atoms with E-state index in [2.05, 4.69) is 156 Å². The van der Waals surface area contributed by atoms with E-state index in [1.165, 1.54) is 38.4 Å². The molecule has 42 heavy (non-hydrogen) atoms. The Bertz CT molecular complexity index is 2390. The molecule has 0 saturated carbocycles. The molecule has 9 rings (SSSR count). The second kappa shape index (κ2) is 8.95. The van der Waals surface area contributed by atoms with Crippen LogP contribution in [0.2, 0.25) is 0 Å². The summed E-state index contributed by atoms with van der Waals surface area (Å²) in [6.07, 6.45) is 0. The van der Waals surface area contributed by atoms with Crippen LogP contribution < -0.4 is 0 Å². The molecule has 0 unspecified atom stereocenters. The first-order chi connectivity index (χ1) is 20.8. The highest BCUT2D eigenvalue weighted by Crippen LogP contribution is 2.42. The molecular weight excluding hydrogens is 510 g/mol. The topological polar surface area (TPSA) is 18.1 Å². The number of hydrogen-bond acceptors (Lipinski definition) is 1. The Labute approximate surface area is 242 Å². The number of fused-ring (bicyclic) bond motifs is 9. The van der Waals surface area contributed by atoms with Gasteiger partial charge >= 0.3 is 0 Å². The zero-order valence-electron chi connectivity index (χ0n) is 22.8. The zero-order valence-corrected chi connectivity index (χ0v) is 22.8. The molecule has 2 nitrogen and oxygen atoms in total. The summed E-state index contributed by atoms with van der Waals surface area (Å²) in [6, 6.07) is 54.2. The molecule has 9 aromatic rings. The van der Waals surface area contributed by atoms with Crippen LogP contribution in [0.5, 0.6) is 0 Å². The quantitative estimate of drug-likeness (QED) is 0.220. The second-order valence-electron chi connectivity index (χ2n) is 11.0. The van der Waals surface area contributed by atoms with Crippen LogP contribution in [0.1, 0.15) is 0 Å². The highest BCUT2D eigenvalue weighted by molar-refractivity contribution is 6.24. The summed E-state index contributed by atoms with van der Waals surface area (Å²) in [6.45, 7) is 0. The molecule has 0 saturated heterocycles. The lowest BCUT2D eigenvalue weighted by molar-refractivity contribution is 0.675. The first kappa shape index (κ1) is 23.1. The van der Waals surface area contributed by atoms with Gasteiger partial charge in [0.15, 0.2) is 5.58 Å². The Morgan fingerprint density at radius 1 is 0.381 bits per heavy atom. The van der Waals surface area contributed by atoms with Gasteiger partial charge in [-0.1, -0.05) is 115 Å². The molecule has 0 spiro atoms. The van der Waals surface area contributed by atoms with Crippen LogP contribution in [0.3, 0.4) is 0 Å². The van der Waals surface area contributed by atoms with Crippen molar-refractivity contribution >= 4 is 54.5 Å². The van der Waals surface area contributed by atoms with Crippen LogP contribution in [0, 0.1) is 0 Å². The van der Waals surface area contributed by atoms with Gasteiger partial charge in [-0.2, -0.15) is 0 Å². The van der Waals surface area contributed by atoms with Gasteiger partial charge in [0.1, 0.15) is 5.58 Å². The fraction of sp³-hybridized carbons (Fsp3) is 0. The summed E-state index contributed by atoms with van der Waals surface area (Å²) < 4.78 is 9.28. The number of furan rings is 1. The van der Waals surface area contributed by atoms with E-state index in [1.54, 1.807) is 0 Å². The normalized spacial score (nSPS) is 11.8. The van der Waals surface area contributed by atoms with E-state index >= 15 is 0 Å². The Morgan fingerprint density at radius 2 is 0.952 bits per heavy atom. The number of hydrogen-bond donors (Lipinski definition) is 0. The van der Waals surface area contributed by atoms with E-state index in [4.69, 9.17) is 4.42 Å². The maximum atomic E-state index is 6.88. The maximum Gasteiger partial charge on any atom is 0.160 e. The van der Waals surface area contributed by atoms with Crippen LogP contribution in [0.15, 0.2) is 156 Å². The first-order valence-electron chi connectivity index (χ1n) is 14.4. The van der Waals surface area contributed by atoms with Crippen LogP contribution in [0.4, 0.5) is 0 Å². The third-order valence-electron chi connectivity index (χ3n) is 8.55. The molecule has 2 heterocycles. The van der Waals surface area contributed by atoms with Crippen LogP contribution in [-0.4, -0.2) is 4.57 Å². The molecule has 0 amide bonds. The summed E-state index contributed by atoms with van der Waals surface area (Å²) in [5, 5.41) is 7.00. The Morgan fingerprint density at radius 3 is 1.69 bits per heavy atom. The van der Waals surface area contributed by atoms with Crippen molar-refractivity contribution in [1.82, 2.24) is 4.57 Å². The molecule has 7 aromatic carbocycles. The number of rotatable bonds is 3. The fourth-order valence-electron chi connectivity index (χ4n) is 6.61. The molecule has 0 aliphatic heterocycles. The van der Waals surface area contributed by atoms with Crippen LogP contribution >= 0.6 is 0 Å². The maximum absolute atomic E-state index is 6.88. The lowest BCUT2D eigenvalue weighted by atomic mass is 9.98. The van der Waals surface area contributed by atoms with Gasteiger partial charge in [0, 0.05) is 32.6 Å². The minimum atomic E-state index is 0.918. The molecule has 0 aliphatic carbocycles. The van der Waals surface area contributed by atoms with Gasteiger partial charge in [0.2, 0.25) is 0 Å². The summed E-state index contributed by atoms with van der Waals surface area (Å²) in [7, 11) is 0. The Hall–Kier alpha value is -5.60. The predicted octanol–water partition coefficient (Wildman–Crippen LogP) is 11.2. The molecule has 0 aliphatic rings. The van der Waals surface area contributed by atoms with Gasteiger partial charge in [0.05, 0.1) is 11.0 Å². The van der Waals surface area contributed by atoms with Crippen molar-refractivity contribution in [2.24, 2.45) is 0 Å². The number of nitrogens with zero attached hydrogens (tertiary/aromatic N) is 1. The monoisotopic (exact) mass is 535 g/mol. The van der Waals surface area contributed by atoms with E-state index in [9.17, 15) is 0 Å². The fourth-order valence-corrected chi connectivity index (χ4v) is 6.61. The minimum absolute atomic E-state index is 0.918. The van der Waals surface area contributed by atoms with Crippen molar-refractivity contribution in [2.75, 3.05) is 0 Å². The molecule has 2 heteroatoms. The largest absolute Gasteiger partial charge is 0.453 e. The SMILES string of the molecule is c1ccc(-c2cc(-c3ccccc3)cc(-n3c4ccccc4c4ccc5c6ccc7ccccc7c6oc5c43)c2)cc1. The van der Waals surface area contributed by atoms with Gasteiger partial charge in [0.25, 0.3) is 0 Å². The van der Waals surface area contributed by atoms with Gasteiger partial charge in [-0.25, -0.2) is 0 Å². The lowest BCUT2D eigenvalue weighted by Crippen LogP contribution is -1.96. The third-order valence-corrected chi connectivity index (χ3v) is 8.55. The number of benzene rings is 7. The summed E-state index contributed by atoms with van der Waals surface area (Å²) >= 11 is 0. The van der Waals surface area contributed by atoms with Crippen molar-refractivity contribution in [2.45, 2.75) is 0 Å².